The van der Waals surface area contributed by atoms with Gasteiger partial charge in [-0.3, -0.25) is 11.3 Å². The zero-order valence-electron chi connectivity index (χ0n) is 10.7. The summed E-state index contributed by atoms with van der Waals surface area (Å²) in [4.78, 5) is 0. The third-order valence-corrected chi connectivity index (χ3v) is 4.79. The van der Waals surface area contributed by atoms with Crippen molar-refractivity contribution in [3.8, 4) is 0 Å². The molecule has 0 radical (unpaired) electrons. The molecule has 0 bridgehead atoms. The fourth-order valence-corrected chi connectivity index (χ4v) is 3.42. The summed E-state index contributed by atoms with van der Waals surface area (Å²) in [5, 5.41) is 0. The van der Waals surface area contributed by atoms with E-state index in [0.29, 0.717) is 11.5 Å². The zero-order chi connectivity index (χ0) is 12.0. The van der Waals surface area contributed by atoms with Crippen LogP contribution in [0.5, 0.6) is 0 Å². The highest BCUT2D eigenvalue weighted by Gasteiger charge is 2.50. The lowest BCUT2D eigenvalue weighted by atomic mass is 9.74. The Morgan fingerprint density at radius 1 is 1.41 bits per heavy atom. The van der Waals surface area contributed by atoms with Crippen LogP contribution in [0.1, 0.15) is 43.7 Å². The predicted octanol–water partition coefficient (Wildman–Crippen LogP) is 2.59. The smallest absolute Gasteiger partial charge is 0.0250 e. The second kappa shape index (κ2) is 3.82. The number of rotatable bonds is 4. The van der Waals surface area contributed by atoms with Gasteiger partial charge in [-0.1, -0.05) is 38.1 Å². The minimum Gasteiger partial charge on any atom is -0.271 e. The second-order valence-corrected chi connectivity index (χ2v) is 6.41. The quantitative estimate of drug-likeness (QED) is 0.616. The molecule has 1 aromatic rings. The van der Waals surface area contributed by atoms with Crippen LogP contribution in [0.2, 0.25) is 0 Å². The van der Waals surface area contributed by atoms with Crippen LogP contribution in [0, 0.1) is 11.3 Å². The number of nitrogens with one attached hydrogen (secondary N) is 1. The van der Waals surface area contributed by atoms with Gasteiger partial charge < -0.3 is 0 Å². The van der Waals surface area contributed by atoms with E-state index in [9.17, 15) is 0 Å². The molecule has 0 saturated heterocycles. The van der Waals surface area contributed by atoms with Crippen LogP contribution in [0.15, 0.2) is 24.3 Å². The van der Waals surface area contributed by atoms with E-state index in [0.717, 1.165) is 11.8 Å². The van der Waals surface area contributed by atoms with Gasteiger partial charge in [0.2, 0.25) is 0 Å². The minimum atomic E-state index is 0.489. The molecule has 0 heterocycles. The Hall–Kier alpha value is -0.860. The Kier molecular flexibility index (Phi) is 2.53. The van der Waals surface area contributed by atoms with E-state index >= 15 is 0 Å². The fourth-order valence-electron chi connectivity index (χ4n) is 3.42. The number of benzene rings is 1. The Balaban J connectivity index is 1.65. The molecule has 1 fully saturated rings. The van der Waals surface area contributed by atoms with E-state index in [-0.39, 0.29) is 0 Å². The monoisotopic (exact) mass is 230 g/mol. The summed E-state index contributed by atoms with van der Waals surface area (Å²) in [6.45, 7) is 4.69. The molecule has 3 unspecified atom stereocenters. The maximum atomic E-state index is 5.73. The molecule has 0 aliphatic heterocycles. The Morgan fingerprint density at radius 3 is 2.71 bits per heavy atom. The molecule has 17 heavy (non-hydrogen) atoms. The summed E-state index contributed by atoms with van der Waals surface area (Å²) in [5.41, 5.74) is 6.63. The summed E-state index contributed by atoms with van der Waals surface area (Å²) < 4.78 is 0. The molecule has 2 aliphatic carbocycles. The van der Waals surface area contributed by atoms with Crippen molar-refractivity contribution in [1.29, 1.82) is 0 Å². The van der Waals surface area contributed by atoms with Crippen molar-refractivity contribution in [2.75, 3.05) is 0 Å². The van der Waals surface area contributed by atoms with Crippen molar-refractivity contribution >= 4 is 0 Å². The number of hydrazine groups is 1. The molecule has 92 valence electrons. The third kappa shape index (κ3) is 1.90. The molecule has 0 amide bonds. The molecule has 1 aromatic carbocycles. The summed E-state index contributed by atoms with van der Waals surface area (Å²) in [5.74, 6) is 7.22. The van der Waals surface area contributed by atoms with Crippen LogP contribution in [0.25, 0.3) is 0 Å². The highest BCUT2D eigenvalue weighted by Crippen LogP contribution is 2.55. The molecule has 3 N–H and O–H groups in total. The summed E-state index contributed by atoms with van der Waals surface area (Å²) in [6, 6.07) is 9.30. The maximum Gasteiger partial charge on any atom is 0.0250 e. The van der Waals surface area contributed by atoms with E-state index in [1.54, 1.807) is 5.56 Å². The predicted molar refractivity (Wildman–Crippen MR) is 70.5 cm³/mol. The van der Waals surface area contributed by atoms with E-state index in [1.807, 2.05) is 0 Å². The van der Waals surface area contributed by atoms with Crippen LogP contribution in [0.4, 0.5) is 0 Å². The molecule has 2 heteroatoms. The van der Waals surface area contributed by atoms with Gasteiger partial charge >= 0.3 is 0 Å². The van der Waals surface area contributed by atoms with Gasteiger partial charge in [0, 0.05) is 6.04 Å². The molecule has 1 saturated carbocycles. The molecule has 2 aliphatic rings. The average Bonchev–Trinajstić information content (AvgIpc) is 2.90. The van der Waals surface area contributed by atoms with Crippen molar-refractivity contribution < 1.29 is 0 Å². The lowest BCUT2D eigenvalue weighted by Gasteiger charge is -2.33. The van der Waals surface area contributed by atoms with Crippen molar-refractivity contribution in [1.82, 2.24) is 5.43 Å². The van der Waals surface area contributed by atoms with Gasteiger partial charge in [0.15, 0.2) is 0 Å². The van der Waals surface area contributed by atoms with E-state index in [2.05, 4.69) is 43.5 Å². The van der Waals surface area contributed by atoms with Gasteiger partial charge in [-0.15, -0.1) is 0 Å². The second-order valence-electron chi connectivity index (χ2n) is 6.41. The van der Waals surface area contributed by atoms with E-state index in [1.165, 1.54) is 24.8 Å². The van der Waals surface area contributed by atoms with E-state index < -0.39 is 0 Å². The first-order valence-corrected chi connectivity index (χ1v) is 6.66. The molecular weight excluding hydrogens is 208 g/mol. The van der Waals surface area contributed by atoms with Crippen LogP contribution < -0.4 is 11.3 Å². The van der Waals surface area contributed by atoms with Gasteiger partial charge in [0.1, 0.15) is 0 Å². The zero-order valence-corrected chi connectivity index (χ0v) is 10.7. The number of hydrogen-bond acceptors (Lipinski definition) is 2. The summed E-state index contributed by atoms with van der Waals surface area (Å²) >= 11 is 0. The van der Waals surface area contributed by atoms with E-state index in [4.69, 9.17) is 5.84 Å². The van der Waals surface area contributed by atoms with Crippen LogP contribution in [-0.4, -0.2) is 6.04 Å². The van der Waals surface area contributed by atoms with Gasteiger partial charge in [0.05, 0.1) is 0 Å². The lowest BCUT2D eigenvalue weighted by molar-refractivity contribution is 0.353. The first-order valence-electron chi connectivity index (χ1n) is 6.66. The first-order chi connectivity index (χ1) is 8.12. The minimum absolute atomic E-state index is 0.489. The van der Waals surface area contributed by atoms with Gasteiger partial charge in [-0.25, -0.2) is 0 Å². The molecular formula is C15H22N2. The molecule has 0 spiro atoms. The van der Waals surface area contributed by atoms with Crippen molar-refractivity contribution in [2.45, 2.75) is 45.1 Å². The maximum absolute atomic E-state index is 5.73. The highest BCUT2D eigenvalue weighted by atomic mass is 15.2. The standard InChI is InChI=1S/C15H22N2/c1-15(2)9-13(15)14(17-16)8-11-7-10-5-3-4-6-12(10)11/h3-6,11,13-14,17H,7-9,16H2,1-2H3. The number of fused-ring (bicyclic) bond motifs is 1. The van der Waals surface area contributed by atoms with Crippen molar-refractivity contribution in [2.24, 2.45) is 17.2 Å². The summed E-state index contributed by atoms with van der Waals surface area (Å²) in [7, 11) is 0. The molecule has 0 aromatic heterocycles. The fraction of sp³-hybridized carbons (Fsp3) is 0.600. The molecule has 3 rings (SSSR count). The number of hydrogen-bond donors (Lipinski definition) is 2. The lowest BCUT2D eigenvalue weighted by Crippen LogP contribution is -2.40. The van der Waals surface area contributed by atoms with Gasteiger partial charge in [-0.2, -0.15) is 0 Å². The first kappa shape index (κ1) is 11.2. The van der Waals surface area contributed by atoms with Gasteiger partial charge in [-0.05, 0) is 47.6 Å². The third-order valence-electron chi connectivity index (χ3n) is 4.79. The number of nitrogens with two attached hydrogens (primary N) is 1. The largest absolute Gasteiger partial charge is 0.271 e. The van der Waals surface area contributed by atoms with Crippen LogP contribution in [0.3, 0.4) is 0 Å². The van der Waals surface area contributed by atoms with Crippen molar-refractivity contribution in [3.05, 3.63) is 35.4 Å². The Bertz CT molecular complexity index is 425. The highest BCUT2D eigenvalue weighted by molar-refractivity contribution is 5.40. The molecule has 2 nitrogen and oxygen atoms in total. The van der Waals surface area contributed by atoms with Crippen molar-refractivity contribution in [3.63, 3.8) is 0 Å². The Morgan fingerprint density at radius 2 is 2.12 bits per heavy atom. The van der Waals surface area contributed by atoms with Crippen LogP contribution >= 0.6 is 0 Å². The Labute approximate surface area is 104 Å². The van der Waals surface area contributed by atoms with Gasteiger partial charge in [0.25, 0.3) is 0 Å². The normalized spacial score (nSPS) is 30.3. The SMILES string of the molecule is CC1(C)CC1C(CC1Cc2ccccc21)NN. The van der Waals surface area contributed by atoms with Crippen LogP contribution in [-0.2, 0) is 6.42 Å². The molecule has 3 atom stereocenters. The average molecular weight is 230 g/mol. The topological polar surface area (TPSA) is 38.0 Å². The summed E-state index contributed by atoms with van der Waals surface area (Å²) in [6.07, 6.45) is 3.75.